The van der Waals surface area contributed by atoms with Gasteiger partial charge in [0.25, 0.3) is 0 Å². The van der Waals surface area contributed by atoms with Crippen LogP contribution in [-0.4, -0.2) is 26.2 Å². The SMILES string of the molecule is COC(=O)C[C@]1(C)CC=CC[C@]1(C)CC(=O)OC. The summed E-state index contributed by atoms with van der Waals surface area (Å²) in [4.78, 5) is 23.1. The largest absolute Gasteiger partial charge is 0.469 e. The summed E-state index contributed by atoms with van der Waals surface area (Å²) in [6.07, 6.45) is 6.33. The molecule has 4 heteroatoms. The average molecular weight is 254 g/mol. The first-order valence-electron chi connectivity index (χ1n) is 6.15. The Hall–Kier alpha value is -1.32. The minimum atomic E-state index is -0.275. The molecule has 1 rings (SSSR count). The highest BCUT2D eigenvalue weighted by molar-refractivity contribution is 5.72. The van der Waals surface area contributed by atoms with E-state index in [0.29, 0.717) is 12.8 Å². The van der Waals surface area contributed by atoms with E-state index in [-0.39, 0.29) is 22.8 Å². The number of allylic oxidation sites excluding steroid dienone is 2. The smallest absolute Gasteiger partial charge is 0.306 e. The Kier molecular flexibility index (Phi) is 4.54. The van der Waals surface area contributed by atoms with Crippen molar-refractivity contribution in [2.45, 2.75) is 39.5 Å². The number of carbonyl (C=O) groups excluding carboxylic acids is 2. The number of esters is 2. The molecule has 0 radical (unpaired) electrons. The zero-order valence-electron chi connectivity index (χ0n) is 11.6. The number of methoxy groups -OCH3 is 2. The van der Waals surface area contributed by atoms with Crippen LogP contribution in [0.5, 0.6) is 0 Å². The molecule has 0 heterocycles. The second-order valence-corrected chi connectivity index (χ2v) is 5.51. The molecule has 0 bridgehead atoms. The molecule has 4 nitrogen and oxygen atoms in total. The topological polar surface area (TPSA) is 52.6 Å². The van der Waals surface area contributed by atoms with Crippen LogP contribution in [0.3, 0.4) is 0 Å². The van der Waals surface area contributed by atoms with Crippen LogP contribution in [-0.2, 0) is 19.1 Å². The van der Waals surface area contributed by atoms with Gasteiger partial charge in [-0.15, -0.1) is 0 Å². The molecule has 0 unspecified atom stereocenters. The quantitative estimate of drug-likeness (QED) is 0.571. The van der Waals surface area contributed by atoms with Crippen LogP contribution in [0.2, 0.25) is 0 Å². The minimum Gasteiger partial charge on any atom is -0.469 e. The maximum atomic E-state index is 11.6. The summed E-state index contributed by atoms with van der Waals surface area (Å²) in [6, 6.07) is 0. The van der Waals surface area contributed by atoms with E-state index in [1.807, 2.05) is 13.8 Å². The average Bonchev–Trinajstić information content (AvgIpc) is 2.33. The van der Waals surface area contributed by atoms with E-state index in [1.165, 1.54) is 14.2 Å². The van der Waals surface area contributed by atoms with E-state index in [4.69, 9.17) is 9.47 Å². The summed E-state index contributed by atoms with van der Waals surface area (Å²) in [5, 5.41) is 0. The standard InChI is InChI=1S/C14H22O4/c1-13(9-11(15)17-3)7-5-6-8-14(13,2)10-12(16)18-4/h5-6H,7-10H2,1-4H3/t13-,14+. The van der Waals surface area contributed by atoms with Gasteiger partial charge in [-0.05, 0) is 23.7 Å². The second kappa shape index (κ2) is 5.55. The predicted octanol–water partition coefficient (Wildman–Crippen LogP) is 2.48. The number of carbonyl (C=O) groups is 2. The van der Waals surface area contributed by atoms with Crippen LogP contribution < -0.4 is 0 Å². The van der Waals surface area contributed by atoms with Gasteiger partial charge in [-0.25, -0.2) is 0 Å². The van der Waals surface area contributed by atoms with Gasteiger partial charge < -0.3 is 9.47 Å². The Bertz CT molecular complexity index is 327. The minimum absolute atomic E-state index is 0.233. The highest BCUT2D eigenvalue weighted by Gasteiger charge is 2.47. The van der Waals surface area contributed by atoms with E-state index >= 15 is 0 Å². The van der Waals surface area contributed by atoms with E-state index in [2.05, 4.69) is 12.2 Å². The molecule has 0 aromatic carbocycles. The van der Waals surface area contributed by atoms with Crippen molar-refractivity contribution in [2.75, 3.05) is 14.2 Å². The van der Waals surface area contributed by atoms with Gasteiger partial charge in [-0.1, -0.05) is 26.0 Å². The van der Waals surface area contributed by atoms with Gasteiger partial charge in [-0.2, -0.15) is 0 Å². The molecule has 1 aliphatic rings. The van der Waals surface area contributed by atoms with Crippen molar-refractivity contribution < 1.29 is 19.1 Å². The Labute approximate surface area is 108 Å². The lowest BCUT2D eigenvalue weighted by molar-refractivity contribution is -0.152. The van der Waals surface area contributed by atoms with Crippen molar-refractivity contribution in [3.05, 3.63) is 12.2 Å². The molecule has 0 aromatic rings. The molecule has 0 saturated heterocycles. The van der Waals surface area contributed by atoms with Crippen LogP contribution in [0.25, 0.3) is 0 Å². The van der Waals surface area contributed by atoms with Crippen molar-refractivity contribution in [2.24, 2.45) is 10.8 Å². The van der Waals surface area contributed by atoms with Gasteiger partial charge in [0.2, 0.25) is 0 Å². The Morgan fingerprint density at radius 1 is 0.944 bits per heavy atom. The van der Waals surface area contributed by atoms with Crippen LogP contribution >= 0.6 is 0 Å². The normalized spacial score (nSPS) is 30.9. The first-order chi connectivity index (χ1) is 8.37. The second-order valence-electron chi connectivity index (χ2n) is 5.51. The summed E-state index contributed by atoms with van der Waals surface area (Å²) in [5.74, 6) is -0.465. The summed E-state index contributed by atoms with van der Waals surface area (Å²) >= 11 is 0. The van der Waals surface area contributed by atoms with Gasteiger partial charge >= 0.3 is 11.9 Å². The number of hydrogen-bond donors (Lipinski definition) is 0. The van der Waals surface area contributed by atoms with Gasteiger partial charge in [0.05, 0.1) is 27.1 Å². The van der Waals surface area contributed by atoms with E-state index in [9.17, 15) is 9.59 Å². The van der Waals surface area contributed by atoms with Gasteiger partial charge in [0, 0.05) is 0 Å². The van der Waals surface area contributed by atoms with E-state index in [1.54, 1.807) is 0 Å². The summed E-state index contributed by atoms with van der Waals surface area (Å²) in [5.41, 5.74) is -0.550. The monoisotopic (exact) mass is 254 g/mol. The zero-order valence-corrected chi connectivity index (χ0v) is 11.6. The fourth-order valence-corrected chi connectivity index (χ4v) is 2.53. The first kappa shape index (κ1) is 14.7. The fraction of sp³-hybridized carbons (Fsp3) is 0.714. The molecule has 0 spiro atoms. The molecular formula is C14H22O4. The highest BCUT2D eigenvalue weighted by atomic mass is 16.5. The third-order valence-electron chi connectivity index (χ3n) is 4.28. The van der Waals surface area contributed by atoms with Crippen LogP contribution in [0.1, 0.15) is 39.5 Å². The maximum absolute atomic E-state index is 11.6. The predicted molar refractivity (Wildman–Crippen MR) is 67.9 cm³/mol. The molecule has 2 atom stereocenters. The molecule has 102 valence electrons. The van der Waals surface area contributed by atoms with E-state index < -0.39 is 0 Å². The fourth-order valence-electron chi connectivity index (χ4n) is 2.53. The lowest BCUT2D eigenvalue weighted by Crippen LogP contribution is -2.42. The zero-order chi connectivity index (χ0) is 13.8. The van der Waals surface area contributed by atoms with Crippen LogP contribution in [0.15, 0.2) is 12.2 Å². The Morgan fingerprint density at radius 3 is 1.56 bits per heavy atom. The summed E-state index contributed by atoms with van der Waals surface area (Å²) < 4.78 is 9.53. The van der Waals surface area contributed by atoms with Crippen molar-refractivity contribution in [1.29, 1.82) is 0 Å². The molecule has 0 fully saturated rings. The molecule has 0 aliphatic heterocycles. The Morgan fingerprint density at radius 2 is 1.28 bits per heavy atom. The molecule has 0 amide bonds. The maximum Gasteiger partial charge on any atom is 0.306 e. The highest BCUT2D eigenvalue weighted by Crippen LogP contribution is 2.52. The number of ether oxygens (including phenoxy) is 2. The molecule has 0 N–H and O–H groups in total. The molecule has 1 aliphatic carbocycles. The molecular weight excluding hydrogens is 232 g/mol. The molecule has 0 aromatic heterocycles. The van der Waals surface area contributed by atoms with Gasteiger partial charge in [0.15, 0.2) is 0 Å². The Balaban J connectivity index is 2.94. The third-order valence-corrected chi connectivity index (χ3v) is 4.28. The lowest BCUT2D eigenvalue weighted by Gasteiger charge is -2.47. The first-order valence-corrected chi connectivity index (χ1v) is 6.15. The van der Waals surface area contributed by atoms with Crippen molar-refractivity contribution in [3.8, 4) is 0 Å². The summed E-state index contributed by atoms with van der Waals surface area (Å²) in [6.45, 7) is 4.08. The lowest BCUT2D eigenvalue weighted by atomic mass is 9.57. The molecule has 0 saturated carbocycles. The van der Waals surface area contributed by atoms with Crippen molar-refractivity contribution >= 4 is 11.9 Å². The summed E-state index contributed by atoms with van der Waals surface area (Å²) in [7, 11) is 2.78. The van der Waals surface area contributed by atoms with Gasteiger partial charge in [-0.3, -0.25) is 9.59 Å². The number of hydrogen-bond acceptors (Lipinski definition) is 4. The molecule has 18 heavy (non-hydrogen) atoms. The third kappa shape index (κ3) is 2.92. The van der Waals surface area contributed by atoms with E-state index in [0.717, 1.165) is 12.8 Å². The van der Waals surface area contributed by atoms with Crippen LogP contribution in [0.4, 0.5) is 0 Å². The number of rotatable bonds is 4. The van der Waals surface area contributed by atoms with Crippen LogP contribution in [0, 0.1) is 10.8 Å². The van der Waals surface area contributed by atoms with Crippen molar-refractivity contribution in [3.63, 3.8) is 0 Å². The van der Waals surface area contributed by atoms with Crippen molar-refractivity contribution in [1.82, 2.24) is 0 Å². The van der Waals surface area contributed by atoms with Gasteiger partial charge in [0.1, 0.15) is 0 Å².